The monoisotopic (exact) mass is 371 g/mol. The number of carbonyl (C=O) groups is 3. The molecule has 1 aromatic heterocycles. The van der Waals surface area contributed by atoms with E-state index in [1.807, 2.05) is 0 Å². The molecule has 0 radical (unpaired) electrons. The van der Waals surface area contributed by atoms with E-state index < -0.39 is 18.0 Å². The summed E-state index contributed by atoms with van der Waals surface area (Å²) in [7, 11) is 0. The number of nitrogens with two attached hydrogens (primary N) is 1. The van der Waals surface area contributed by atoms with E-state index in [2.05, 4.69) is 5.16 Å². The molecule has 8 nitrogen and oxygen atoms in total. The molecule has 1 aromatic carbocycles. The molecule has 2 heterocycles. The van der Waals surface area contributed by atoms with Crippen LogP contribution in [-0.4, -0.2) is 47.0 Å². The van der Waals surface area contributed by atoms with Gasteiger partial charge in [-0.1, -0.05) is 23.4 Å². The molecule has 1 fully saturated rings. The molecule has 2 aromatic rings. The SMILES string of the molecule is Cc1cc(CC(=O)N2C[C@H](CC(N)=O)[C@H](OC(=O)c3ccccc3)C2)on1. The molecule has 3 rings (SSSR count). The number of ether oxygens (including phenoxy) is 1. The third-order valence-electron chi connectivity index (χ3n) is 4.47. The minimum atomic E-state index is -0.592. The highest BCUT2D eigenvalue weighted by molar-refractivity contribution is 5.89. The average Bonchev–Trinajstić information content (AvgIpc) is 3.21. The van der Waals surface area contributed by atoms with Crippen molar-refractivity contribution >= 4 is 17.8 Å². The lowest BCUT2D eigenvalue weighted by atomic mass is 10.0. The number of amides is 2. The molecular weight excluding hydrogens is 350 g/mol. The Balaban J connectivity index is 1.67. The molecule has 0 bridgehead atoms. The number of rotatable bonds is 6. The molecule has 1 saturated heterocycles. The highest BCUT2D eigenvalue weighted by Crippen LogP contribution is 2.25. The van der Waals surface area contributed by atoms with Crippen LogP contribution in [-0.2, 0) is 20.7 Å². The Kier molecular flexibility index (Phi) is 5.54. The van der Waals surface area contributed by atoms with Crippen molar-refractivity contribution < 1.29 is 23.6 Å². The van der Waals surface area contributed by atoms with Gasteiger partial charge in [0.15, 0.2) is 0 Å². The quantitative estimate of drug-likeness (QED) is 0.760. The van der Waals surface area contributed by atoms with Crippen LogP contribution in [0.4, 0.5) is 0 Å². The lowest BCUT2D eigenvalue weighted by molar-refractivity contribution is -0.130. The minimum Gasteiger partial charge on any atom is -0.457 e. The van der Waals surface area contributed by atoms with Crippen LogP contribution < -0.4 is 5.73 Å². The number of hydrogen-bond donors (Lipinski definition) is 1. The number of carbonyl (C=O) groups excluding carboxylic acids is 3. The molecule has 2 atom stereocenters. The van der Waals surface area contributed by atoms with Crippen molar-refractivity contribution in [2.75, 3.05) is 13.1 Å². The van der Waals surface area contributed by atoms with Gasteiger partial charge in [0.1, 0.15) is 11.9 Å². The zero-order chi connectivity index (χ0) is 19.4. The molecule has 0 saturated carbocycles. The second kappa shape index (κ2) is 8.03. The number of esters is 1. The van der Waals surface area contributed by atoms with Crippen molar-refractivity contribution in [1.29, 1.82) is 0 Å². The molecule has 0 spiro atoms. The van der Waals surface area contributed by atoms with E-state index in [4.69, 9.17) is 15.0 Å². The third kappa shape index (κ3) is 4.72. The molecule has 0 aliphatic carbocycles. The minimum absolute atomic E-state index is 0.0396. The first kappa shape index (κ1) is 18.6. The van der Waals surface area contributed by atoms with Crippen LogP contribution in [0.5, 0.6) is 0 Å². The number of likely N-dealkylation sites (tertiary alicyclic amines) is 1. The Labute approximate surface area is 156 Å². The molecule has 8 heteroatoms. The zero-order valence-corrected chi connectivity index (χ0v) is 15.0. The Bertz CT molecular complexity index is 833. The van der Waals surface area contributed by atoms with Crippen molar-refractivity contribution in [3.05, 3.63) is 53.4 Å². The van der Waals surface area contributed by atoms with Crippen LogP contribution in [0.15, 0.2) is 40.9 Å². The van der Waals surface area contributed by atoms with Crippen LogP contribution in [0.3, 0.4) is 0 Å². The summed E-state index contributed by atoms with van der Waals surface area (Å²) in [5, 5.41) is 3.76. The molecule has 2 N–H and O–H groups in total. The smallest absolute Gasteiger partial charge is 0.338 e. The van der Waals surface area contributed by atoms with Gasteiger partial charge in [-0.25, -0.2) is 4.79 Å². The van der Waals surface area contributed by atoms with E-state index in [-0.39, 0.29) is 31.2 Å². The molecule has 0 unspecified atom stereocenters. The maximum Gasteiger partial charge on any atom is 0.338 e. The first-order valence-corrected chi connectivity index (χ1v) is 8.66. The predicted molar refractivity (Wildman–Crippen MR) is 94.5 cm³/mol. The van der Waals surface area contributed by atoms with E-state index in [1.165, 1.54) is 0 Å². The van der Waals surface area contributed by atoms with Gasteiger partial charge in [0.05, 0.1) is 24.2 Å². The van der Waals surface area contributed by atoms with E-state index in [0.29, 0.717) is 23.6 Å². The fourth-order valence-electron chi connectivity index (χ4n) is 3.17. The van der Waals surface area contributed by atoms with Gasteiger partial charge in [0.25, 0.3) is 0 Å². The van der Waals surface area contributed by atoms with Gasteiger partial charge in [-0.3, -0.25) is 9.59 Å². The van der Waals surface area contributed by atoms with Gasteiger partial charge < -0.3 is 19.9 Å². The third-order valence-corrected chi connectivity index (χ3v) is 4.47. The fourth-order valence-corrected chi connectivity index (χ4v) is 3.17. The number of nitrogens with zero attached hydrogens (tertiary/aromatic N) is 2. The molecule has 27 heavy (non-hydrogen) atoms. The normalized spacial score (nSPS) is 19.1. The summed E-state index contributed by atoms with van der Waals surface area (Å²) in [4.78, 5) is 37.8. The van der Waals surface area contributed by atoms with Crippen molar-refractivity contribution in [3.63, 3.8) is 0 Å². The van der Waals surface area contributed by atoms with Gasteiger partial charge in [-0.05, 0) is 19.1 Å². The lowest BCUT2D eigenvalue weighted by Gasteiger charge is -2.17. The van der Waals surface area contributed by atoms with E-state index in [0.717, 1.165) is 0 Å². The topological polar surface area (TPSA) is 116 Å². The van der Waals surface area contributed by atoms with E-state index in [9.17, 15) is 14.4 Å². The summed E-state index contributed by atoms with van der Waals surface area (Å²) in [5.74, 6) is -1.04. The summed E-state index contributed by atoms with van der Waals surface area (Å²) >= 11 is 0. The number of hydrogen-bond acceptors (Lipinski definition) is 6. The first-order valence-electron chi connectivity index (χ1n) is 8.66. The summed E-state index contributed by atoms with van der Waals surface area (Å²) in [5.41, 5.74) is 6.43. The largest absolute Gasteiger partial charge is 0.457 e. The molecular formula is C19H21N3O5. The van der Waals surface area contributed by atoms with E-state index in [1.54, 1.807) is 48.2 Å². The summed E-state index contributed by atoms with van der Waals surface area (Å²) < 4.78 is 10.6. The molecule has 142 valence electrons. The Hall–Kier alpha value is -3.16. The van der Waals surface area contributed by atoms with Crippen LogP contribution >= 0.6 is 0 Å². The molecule has 1 aliphatic heterocycles. The van der Waals surface area contributed by atoms with E-state index >= 15 is 0 Å². The maximum atomic E-state index is 12.5. The van der Waals surface area contributed by atoms with Gasteiger partial charge in [-0.2, -0.15) is 0 Å². The molecule has 2 amide bonds. The number of primary amides is 1. The maximum absolute atomic E-state index is 12.5. The standard InChI is InChI=1S/C19H21N3O5/c1-12-7-15(27-21-12)9-18(24)22-10-14(8-17(20)23)16(11-22)26-19(25)13-5-3-2-4-6-13/h2-7,14,16H,8-11H2,1H3,(H2,20,23)/t14-,16+/m0/s1. The van der Waals surface area contributed by atoms with Crippen LogP contribution in [0.1, 0.15) is 28.2 Å². The number of benzene rings is 1. The Morgan fingerprint density at radius 3 is 2.63 bits per heavy atom. The predicted octanol–water partition coefficient (Wildman–Crippen LogP) is 1.08. The second-order valence-corrected chi connectivity index (χ2v) is 6.65. The average molecular weight is 371 g/mol. The van der Waals surface area contributed by atoms with Gasteiger partial charge in [0, 0.05) is 24.9 Å². The fraction of sp³-hybridized carbons (Fsp3) is 0.368. The second-order valence-electron chi connectivity index (χ2n) is 6.65. The van der Waals surface area contributed by atoms with Gasteiger partial charge in [0.2, 0.25) is 11.8 Å². The van der Waals surface area contributed by atoms with Crippen LogP contribution in [0.25, 0.3) is 0 Å². The Morgan fingerprint density at radius 1 is 1.26 bits per heavy atom. The Morgan fingerprint density at radius 2 is 2.00 bits per heavy atom. The number of aryl methyl sites for hydroxylation is 1. The van der Waals surface area contributed by atoms with Crippen LogP contribution in [0.2, 0.25) is 0 Å². The first-order chi connectivity index (χ1) is 12.9. The van der Waals surface area contributed by atoms with Crippen molar-refractivity contribution in [2.45, 2.75) is 25.9 Å². The highest BCUT2D eigenvalue weighted by atomic mass is 16.5. The van der Waals surface area contributed by atoms with Crippen LogP contribution in [0, 0.1) is 12.8 Å². The van der Waals surface area contributed by atoms with Crippen molar-refractivity contribution in [1.82, 2.24) is 10.1 Å². The number of aromatic nitrogens is 1. The van der Waals surface area contributed by atoms with Gasteiger partial charge in [-0.15, -0.1) is 0 Å². The summed E-state index contributed by atoms with van der Waals surface area (Å²) in [6.07, 6.45) is -0.493. The zero-order valence-electron chi connectivity index (χ0n) is 15.0. The lowest BCUT2D eigenvalue weighted by Crippen LogP contribution is -2.32. The highest BCUT2D eigenvalue weighted by Gasteiger charge is 2.38. The molecule has 1 aliphatic rings. The van der Waals surface area contributed by atoms with Gasteiger partial charge >= 0.3 is 5.97 Å². The van der Waals surface area contributed by atoms with Crippen molar-refractivity contribution in [2.24, 2.45) is 11.7 Å². The van der Waals surface area contributed by atoms with Crippen molar-refractivity contribution in [3.8, 4) is 0 Å². The summed E-state index contributed by atoms with van der Waals surface area (Å²) in [6, 6.07) is 10.3. The summed E-state index contributed by atoms with van der Waals surface area (Å²) in [6.45, 7) is 2.28.